The number of aryl methyl sites for hydroxylation is 1. The zero-order valence-corrected chi connectivity index (χ0v) is 13.1. The van der Waals surface area contributed by atoms with Gasteiger partial charge in [-0.3, -0.25) is 4.79 Å². The molecular weight excluding hydrogens is 290 g/mol. The van der Waals surface area contributed by atoms with Crippen LogP contribution < -0.4 is 5.32 Å². The summed E-state index contributed by atoms with van der Waals surface area (Å²) >= 11 is 0. The first-order chi connectivity index (χ1) is 11.1. The Morgan fingerprint density at radius 2 is 1.87 bits per heavy atom. The minimum absolute atomic E-state index is 0.180. The number of hydrogen-bond acceptors (Lipinski definition) is 3. The van der Waals surface area contributed by atoms with Crippen LogP contribution in [0, 0.1) is 0 Å². The Hall–Kier alpha value is -2.75. The number of rotatable bonds is 6. The van der Waals surface area contributed by atoms with Gasteiger partial charge in [0.25, 0.3) is 0 Å². The van der Waals surface area contributed by atoms with E-state index in [1.54, 1.807) is 12.1 Å². The van der Waals surface area contributed by atoms with Gasteiger partial charge in [-0.2, -0.15) is 0 Å². The Morgan fingerprint density at radius 3 is 2.61 bits per heavy atom. The van der Waals surface area contributed by atoms with Crippen molar-refractivity contribution < 1.29 is 15.0 Å². The lowest BCUT2D eigenvalue weighted by molar-refractivity contribution is -0.116. The molecule has 0 spiro atoms. The molecule has 0 saturated heterocycles. The Labute approximate surface area is 136 Å². The molecule has 4 heteroatoms. The highest BCUT2D eigenvalue weighted by Crippen LogP contribution is 2.25. The number of benzene rings is 2. The Bertz CT molecular complexity index is 708. The van der Waals surface area contributed by atoms with Crippen molar-refractivity contribution in [1.29, 1.82) is 0 Å². The van der Waals surface area contributed by atoms with E-state index in [2.05, 4.69) is 30.4 Å². The van der Waals surface area contributed by atoms with E-state index in [9.17, 15) is 15.0 Å². The van der Waals surface area contributed by atoms with Crippen LogP contribution in [0.1, 0.15) is 23.6 Å². The average molecular weight is 311 g/mol. The van der Waals surface area contributed by atoms with E-state index in [0.29, 0.717) is 12.1 Å². The number of phenolic OH excluding ortho intramolecular Hbond substituents is 2. The van der Waals surface area contributed by atoms with E-state index in [-0.39, 0.29) is 17.4 Å². The molecule has 0 aliphatic rings. The van der Waals surface area contributed by atoms with Gasteiger partial charge < -0.3 is 15.5 Å². The van der Waals surface area contributed by atoms with Gasteiger partial charge in [0.1, 0.15) is 0 Å². The first-order valence-corrected chi connectivity index (χ1v) is 7.64. The fraction of sp³-hybridized carbons (Fsp3) is 0.211. The van der Waals surface area contributed by atoms with Gasteiger partial charge in [-0.15, -0.1) is 0 Å². The summed E-state index contributed by atoms with van der Waals surface area (Å²) in [7, 11) is 0. The smallest absolute Gasteiger partial charge is 0.244 e. The molecule has 2 aromatic rings. The first-order valence-electron chi connectivity index (χ1n) is 7.64. The molecule has 23 heavy (non-hydrogen) atoms. The van der Waals surface area contributed by atoms with Crippen molar-refractivity contribution in [1.82, 2.24) is 5.32 Å². The molecule has 0 aliphatic carbocycles. The summed E-state index contributed by atoms with van der Waals surface area (Å²) in [6.45, 7) is 2.68. The van der Waals surface area contributed by atoms with E-state index in [4.69, 9.17) is 0 Å². The van der Waals surface area contributed by atoms with Crippen molar-refractivity contribution >= 4 is 12.0 Å². The molecule has 0 atom stereocenters. The molecule has 0 saturated carbocycles. The number of hydrogen-bond donors (Lipinski definition) is 3. The second kappa shape index (κ2) is 8.03. The highest BCUT2D eigenvalue weighted by molar-refractivity contribution is 5.91. The van der Waals surface area contributed by atoms with E-state index in [0.717, 1.165) is 12.8 Å². The molecule has 1 amide bonds. The SMILES string of the molecule is CCc1cccc(CCNC(=O)/C=C/c2ccc(O)c(O)c2)c1. The highest BCUT2D eigenvalue weighted by Gasteiger charge is 2.00. The maximum atomic E-state index is 11.8. The molecule has 0 aliphatic heterocycles. The molecule has 0 radical (unpaired) electrons. The largest absolute Gasteiger partial charge is 0.504 e. The number of aromatic hydroxyl groups is 2. The second-order valence-electron chi connectivity index (χ2n) is 5.30. The molecular formula is C19H21NO3. The van der Waals surface area contributed by atoms with Gasteiger partial charge in [-0.1, -0.05) is 37.3 Å². The standard InChI is InChI=1S/C19H21NO3/c1-2-14-4-3-5-15(12-14)10-11-20-19(23)9-7-16-6-8-17(21)18(22)13-16/h3-9,12-13,21-22H,2,10-11H2,1H3,(H,20,23)/b9-7+. The van der Waals surface area contributed by atoms with Crippen LogP contribution in [0.2, 0.25) is 0 Å². The minimum atomic E-state index is -0.205. The van der Waals surface area contributed by atoms with E-state index in [1.165, 1.54) is 29.3 Å². The molecule has 2 aromatic carbocycles. The zero-order chi connectivity index (χ0) is 16.7. The number of phenols is 2. The fourth-order valence-corrected chi connectivity index (χ4v) is 2.21. The van der Waals surface area contributed by atoms with Gasteiger partial charge in [0.2, 0.25) is 5.91 Å². The second-order valence-corrected chi connectivity index (χ2v) is 5.30. The van der Waals surface area contributed by atoms with Gasteiger partial charge in [-0.25, -0.2) is 0 Å². The number of carbonyl (C=O) groups excluding carboxylic acids is 1. The third-order valence-electron chi connectivity index (χ3n) is 3.54. The maximum Gasteiger partial charge on any atom is 0.244 e. The predicted molar refractivity (Wildman–Crippen MR) is 91.3 cm³/mol. The van der Waals surface area contributed by atoms with E-state index >= 15 is 0 Å². The van der Waals surface area contributed by atoms with E-state index < -0.39 is 0 Å². The molecule has 120 valence electrons. The third-order valence-corrected chi connectivity index (χ3v) is 3.54. The molecule has 3 N–H and O–H groups in total. The molecule has 2 rings (SSSR count). The summed E-state index contributed by atoms with van der Waals surface area (Å²) in [5.74, 6) is -0.575. The third kappa shape index (κ3) is 5.18. The van der Waals surface area contributed by atoms with Crippen molar-refractivity contribution in [2.75, 3.05) is 6.54 Å². The topological polar surface area (TPSA) is 69.6 Å². The highest BCUT2D eigenvalue weighted by atomic mass is 16.3. The van der Waals surface area contributed by atoms with Crippen molar-refractivity contribution in [3.8, 4) is 11.5 Å². The zero-order valence-electron chi connectivity index (χ0n) is 13.1. The number of nitrogens with one attached hydrogen (secondary N) is 1. The lowest BCUT2D eigenvalue weighted by Gasteiger charge is -2.05. The van der Waals surface area contributed by atoms with Crippen molar-refractivity contribution in [2.45, 2.75) is 19.8 Å². The lowest BCUT2D eigenvalue weighted by atomic mass is 10.1. The van der Waals surface area contributed by atoms with Gasteiger partial charge in [0, 0.05) is 12.6 Å². The van der Waals surface area contributed by atoms with Gasteiger partial charge >= 0.3 is 0 Å². The summed E-state index contributed by atoms with van der Waals surface area (Å²) in [6.07, 6.45) is 4.79. The first kappa shape index (κ1) is 16.6. The predicted octanol–water partition coefficient (Wildman–Crippen LogP) is 3.03. The summed E-state index contributed by atoms with van der Waals surface area (Å²) in [4.78, 5) is 11.8. The van der Waals surface area contributed by atoms with Crippen LogP contribution in [-0.4, -0.2) is 22.7 Å². The molecule has 0 aromatic heterocycles. The fourth-order valence-electron chi connectivity index (χ4n) is 2.21. The number of carbonyl (C=O) groups is 1. The quantitative estimate of drug-likeness (QED) is 0.567. The van der Waals surface area contributed by atoms with Crippen molar-refractivity contribution in [3.05, 3.63) is 65.2 Å². The summed E-state index contributed by atoms with van der Waals surface area (Å²) in [6, 6.07) is 12.7. The van der Waals surface area contributed by atoms with Gasteiger partial charge in [0.05, 0.1) is 0 Å². The summed E-state index contributed by atoms with van der Waals surface area (Å²) in [5, 5.41) is 21.4. The van der Waals surface area contributed by atoms with Gasteiger partial charge in [-0.05, 0) is 47.7 Å². The minimum Gasteiger partial charge on any atom is -0.504 e. The van der Waals surface area contributed by atoms with Crippen LogP contribution in [0.4, 0.5) is 0 Å². The Morgan fingerprint density at radius 1 is 1.09 bits per heavy atom. The number of amides is 1. The van der Waals surface area contributed by atoms with Crippen LogP contribution in [0.3, 0.4) is 0 Å². The van der Waals surface area contributed by atoms with Gasteiger partial charge in [0.15, 0.2) is 11.5 Å². The van der Waals surface area contributed by atoms with Crippen LogP contribution in [-0.2, 0) is 17.6 Å². The van der Waals surface area contributed by atoms with Crippen molar-refractivity contribution in [3.63, 3.8) is 0 Å². The van der Waals surface area contributed by atoms with Crippen LogP contribution >= 0.6 is 0 Å². The Kier molecular flexibility index (Phi) is 5.80. The molecule has 0 unspecified atom stereocenters. The maximum absolute atomic E-state index is 11.8. The van der Waals surface area contributed by atoms with Crippen LogP contribution in [0.15, 0.2) is 48.5 Å². The normalized spacial score (nSPS) is 10.8. The van der Waals surface area contributed by atoms with Crippen LogP contribution in [0.5, 0.6) is 11.5 Å². The molecule has 0 bridgehead atoms. The Balaban J connectivity index is 1.82. The lowest BCUT2D eigenvalue weighted by Crippen LogP contribution is -2.23. The average Bonchev–Trinajstić information content (AvgIpc) is 2.56. The summed E-state index contributed by atoms with van der Waals surface area (Å²) in [5.41, 5.74) is 3.14. The monoisotopic (exact) mass is 311 g/mol. The van der Waals surface area contributed by atoms with Crippen molar-refractivity contribution in [2.24, 2.45) is 0 Å². The van der Waals surface area contributed by atoms with E-state index in [1.807, 2.05) is 6.07 Å². The molecule has 4 nitrogen and oxygen atoms in total. The van der Waals surface area contributed by atoms with Crippen LogP contribution in [0.25, 0.3) is 6.08 Å². The summed E-state index contributed by atoms with van der Waals surface area (Å²) < 4.78 is 0. The molecule has 0 fully saturated rings. The molecule has 0 heterocycles.